The molecule has 0 amide bonds. The molecule has 5 heteroatoms. The lowest BCUT2D eigenvalue weighted by Gasteiger charge is -2.11. The molecule has 30 heavy (non-hydrogen) atoms. The molecule has 0 spiro atoms. The second-order valence-electron chi connectivity index (χ2n) is 7.28. The second-order valence-corrected chi connectivity index (χ2v) is 7.28. The van der Waals surface area contributed by atoms with Crippen molar-refractivity contribution >= 4 is 28.2 Å². The smallest absolute Gasteiger partial charge is 0.340 e. The Morgan fingerprint density at radius 3 is 2.53 bits per heavy atom. The molecule has 0 saturated carbocycles. The first-order valence-corrected chi connectivity index (χ1v) is 10.0. The van der Waals surface area contributed by atoms with Gasteiger partial charge in [-0.3, -0.25) is 4.79 Å². The maximum Gasteiger partial charge on any atom is 0.340 e. The van der Waals surface area contributed by atoms with E-state index in [9.17, 15) is 14.7 Å². The van der Waals surface area contributed by atoms with Gasteiger partial charge in [0, 0.05) is 17.1 Å². The van der Waals surface area contributed by atoms with Crippen LogP contribution in [0.4, 0.5) is 0 Å². The predicted molar refractivity (Wildman–Crippen MR) is 117 cm³/mol. The number of phenolic OH excluding ortho intramolecular Hbond substituents is 1. The Morgan fingerprint density at radius 2 is 1.80 bits per heavy atom. The zero-order valence-corrected chi connectivity index (χ0v) is 17.2. The number of para-hydroxylation sites is 1. The van der Waals surface area contributed by atoms with Crippen molar-refractivity contribution in [1.82, 2.24) is 4.40 Å². The Kier molecular flexibility index (Phi) is 5.04. The standard InChI is InChI=1S/C25H23NO4/c1-4-17-18-8-6-7-9-21(18)26-14-16(13-20(23(17)26)25(29)30-5-2)24(28)19-12-15(3)10-11-22(19)27/h6-14,27H,4-5H2,1-3H3. The van der Waals surface area contributed by atoms with Crippen LogP contribution < -0.4 is 0 Å². The monoisotopic (exact) mass is 401 g/mol. The number of nitrogens with zero attached hydrogens (tertiary/aromatic N) is 1. The van der Waals surface area contributed by atoms with Gasteiger partial charge in [-0.1, -0.05) is 36.8 Å². The zero-order chi connectivity index (χ0) is 21.4. The minimum atomic E-state index is -0.469. The number of hydrogen-bond acceptors (Lipinski definition) is 4. The van der Waals surface area contributed by atoms with Gasteiger partial charge in [-0.05, 0) is 50.1 Å². The number of ketones is 1. The number of pyridine rings is 1. The van der Waals surface area contributed by atoms with E-state index in [2.05, 4.69) is 0 Å². The van der Waals surface area contributed by atoms with Gasteiger partial charge < -0.3 is 14.2 Å². The highest BCUT2D eigenvalue weighted by atomic mass is 16.5. The third kappa shape index (κ3) is 3.12. The summed E-state index contributed by atoms with van der Waals surface area (Å²) in [5.74, 6) is -0.905. The van der Waals surface area contributed by atoms with E-state index in [0.29, 0.717) is 11.1 Å². The normalized spacial score (nSPS) is 11.2. The number of carbonyl (C=O) groups is 2. The zero-order valence-electron chi connectivity index (χ0n) is 17.2. The molecular weight excluding hydrogens is 378 g/mol. The number of benzene rings is 2. The SMILES string of the molecule is CCOC(=O)c1cc(C(=O)c2cc(C)ccc2O)cn2c1c(CC)c1ccccc12. The van der Waals surface area contributed by atoms with Crippen LogP contribution in [0.3, 0.4) is 0 Å². The van der Waals surface area contributed by atoms with Crippen molar-refractivity contribution in [1.29, 1.82) is 0 Å². The van der Waals surface area contributed by atoms with E-state index in [1.807, 2.05) is 42.5 Å². The number of aryl methyl sites for hydroxylation is 2. The van der Waals surface area contributed by atoms with E-state index in [1.165, 1.54) is 6.07 Å². The lowest BCUT2D eigenvalue weighted by Crippen LogP contribution is -2.11. The molecule has 0 unspecified atom stereocenters. The summed E-state index contributed by atoms with van der Waals surface area (Å²) in [5, 5.41) is 11.3. The number of ether oxygens (including phenoxy) is 1. The number of aromatic nitrogens is 1. The minimum Gasteiger partial charge on any atom is -0.507 e. The molecule has 2 aromatic heterocycles. The van der Waals surface area contributed by atoms with Crippen LogP contribution >= 0.6 is 0 Å². The average Bonchev–Trinajstić information content (AvgIpc) is 3.08. The van der Waals surface area contributed by atoms with E-state index >= 15 is 0 Å². The Morgan fingerprint density at radius 1 is 1.03 bits per heavy atom. The summed E-state index contributed by atoms with van der Waals surface area (Å²) in [7, 11) is 0. The Balaban J connectivity index is 2.05. The molecule has 0 bridgehead atoms. The number of aromatic hydroxyl groups is 1. The summed E-state index contributed by atoms with van der Waals surface area (Å²) in [4.78, 5) is 26.1. The molecule has 2 heterocycles. The topological polar surface area (TPSA) is 68.0 Å². The van der Waals surface area contributed by atoms with E-state index in [1.54, 1.807) is 31.3 Å². The average molecular weight is 401 g/mol. The Hall–Kier alpha value is -3.60. The van der Waals surface area contributed by atoms with Crippen molar-refractivity contribution in [2.24, 2.45) is 0 Å². The first kappa shape index (κ1) is 19.7. The molecule has 0 aliphatic carbocycles. The van der Waals surface area contributed by atoms with Crippen LogP contribution in [-0.2, 0) is 11.2 Å². The first-order valence-electron chi connectivity index (χ1n) is 10.0. The third-order valence-corrected chi connectivity index (χ3v) is 5.35. The third-order valence-electron chi connectivity index (χ3n) is 5.35. The highest BCUT2D eigenvalue weighted by Crippen LogP contribution is 2.32. The number of fused-ring (bicyclic) bond motifs is 3. The molecule has 0 atom stereocenters. The maximum atomic E-state index is 13.3. The van der Waals surface area contributed by atoms with Gasteiger partial charge in [0.2, 0.25) is 0 Å². The summed E-state index contributed by atoms with van der Waals surface area (Å²) >= 11 is 0. The molecule has 0 aliphatic heterocycles. The molecule has 4 rings (SSSR count). The summed E-state index contributed by atoms with van der Waals surface area (Å²) in [6.45, 7) is 5.89. The first-order chi connectivity index (χ1) is 14.5. The van der Waals surface area contributed by atoms with Gasteiger partial charge in [-0.25, -0.2) is 4.79 Å². The number of hydrogen-bond donors (Lipinski definition) is 1. The molecule has 1 N–H and O–H groups in total. The van der Waals surface area contributed by atoms with Gasteiger partial charge in [0.1, 0.15) is 5.75 Å². The van der Waals surface area contributed by atoms with Crippen LogP contribution in [0.1, 0.15) is 51.3 Å². The number of phenols is 1. The van der Waals surface area contributed by atoms with Crippen molar-refractivity contribution in [3.63, 3.8) is 0 Å². The van der Waals surface area contributed by atoms with Crippen LogP contribution in [0.5, 0.6) is 5.75 Å². The summed E-state index contributed by atoms with van der Waals surface area (Å²) in [6, 6.07) is 14.4. The lowest BCUT2D eigenvalue weighted by atomic mass is 9.99. The minimum absolute atomic E-state index is 0.0880. The molecular formula is C25H23NO4. The lowest BCUT2D eigenvalue weighted by molar-refractivity contribution is 0.0528. The number of esters is 1. The van der Waals surface area contributed by atoms with Gasteiger partial charge in [0.15, 0.2) is 5.78 Å². The number of carbonyl (C=O) groups excluding carboxylic acids is 2. The predicted octanol–water partition coefficient (Wildman–Crippen LogP) is 5.08. The number of rotatable bonds is 5. The van der Waals surface area contributed by atoms with Gasteiger partial charge in [-0.15, -0.1) is 0 Å². The molecule has 0 saturated heterocycles. The summed E-state index contributed by atoms with van der Waals surface area (Å²) < 4.78 is 7.19. The van der Waals surface area contributed by atoms with Crippen molar-refractivity contribution in [3.05, 3.63) is 82.5 Å². The quantitative estimate of drug-likeness (QED) is 0.374. The van der Waals surface area contributed by atoms with Crippen LogP contribution in [0.25, 0.3) is 16.4 Å². The van der Waals surface area contributed by atoms with Crippen LogP contribution in [0, 0.1) is 6.92 Å². The fourth-order valence-corrected chi connectivity index (χ4v) is 3.99. The van der Waals surface area contributed by atoms with Crippen molar-refractivity contribution < 1.29 is 19.4 Å². The second kappa shape index (κ2) is 7.67. The van der Waals surface area contributed by atoms with Crippen molar-refractivity contribution in [2.75, 3.05) is 6.61 Å². The summed E-state index contributed by atoms with van der Waals surface area (Å²) in [5.41, 5.74) is 4.43. The molecule has 0 aliphatic rings. The van der Waals surface area contributed by atoms with Crippen LogP contribution in [0.15, 0.2) is 54.7 Å². The van der Waals surface area contributed by atoms with Crippen LogP contribution in [0.2, 0.25) is 0 Å². The Bertz CT molecular complexity index is 1300. The molecule has 2 aromatic carbocycles. The molecule has 152 valence electrons. The highest BCUT2D eigenvalue weighted by molar-refractivity contribution is 6.13. The van der Waals surface area contributed by atoms with Crippen LogP contribution in [-0.4, -0.2) is 27.9 Å². The molecule has 4 aromatic rings. The van der Waals surface area contributed by atoms with Gasteiger partial charge in [0.25, 0.3) is 0 Å². The fraction of sp³-hybridized carbons (Fsp3) is 0.200. The largest absolute Gasteiger partial charge is 0.507 e. The molecule has 0 fully saturated rings. The van der Waals surface area contributed by atoms with E-state index < -0.39 is 5.97 Å². The van der Waals surface area contributed by atoms with E-state index in [0.717, 1.165) is 34.0 Å². The van der Waals surface area contributed by atoms with Gasteiger partial charge in [-0.2, -0.15) is 0 Å². The van der Waals surface area contributed by atoms with Crippen molar-refractivity contribution in [2.45, 2.75) is 27.2 Å². The Labute approximate surface area is 174 Å². The maximum absolute atomic E-state index is 13.3. The van der Waals surface area contributed by atoms with E-state index in [-0.39, 0.29) is 23.7 Å². The molecule has 0 radical (unpaired) electrons. The van der Waals surface area contributed by atoms with Gasteiger partial charge in [0.05, 0.1) is 28.8 Å². The van der Waals surface area contributed by atoms with E-state index in [4.69, 9.17) is 4.74 Å². The molecule has 5 nitrogen and oxygen atoms in total. The summed E-state index contributed by atoms with van der Waals surface area (Å²) in [6.07, 6.45) is 2.47. The fourth-order valence-electron chi connectivity index (χ4n) is 3.99. The van der Waals surface area contributed by atoms with Gasteiger partial charge >= 0.3 is 5.97 Å². The highest BCUT2D eigenvalue weighted by Gasteiger charge is 2.23. The van der Waals surface area contributed by atoms with Crippen molar-refractivity contribution in [3.8, 4) is 5.75 Å².